The highest BCUT2D eigenvalue weighted by Crippen LogP contribution is 2.27. The number of halogens is 1. The molecular weight excluding hydrogens is 254 g/mol. The summed E-state index contributed by atoms with van der Waals surface area (Å²) in [6.07, 6.45) is 0. The molecule has 0 saturated carbocycles. The molecule has 0 bridgehead atoms. The van der Waals surface area contributed by atoms with E-state index in [1.807, 2.05) is 37.3 Å². The molecule has 0 aromatic heterocycles. The minimum absolute atomic E-state index is 0.619. The lowest BCUT2D eigenvalue weighted by atomic mass is 10.0. The van der Waals surface area contributed by atoms with Crippen molar-refractivity contribution >= 4 is 23.0 Å². The van der Waals surface area contributed by atoms with Crippen molar-refractivity contribution in [3.63, 3.8) is 0 Å². The van der Waals surface area contributed by atoms with Crippen molar-refractivity contribution in [1.29, 1.82) is 0 Å². The second-order valence-electron chi connectivity index (χ2n) is 3.78. The standard InChI is InChI=1S/C13H12ClNOS/c1-9-2-5-11(14)8-13(9)10-3-6-12(7-4-10)17(15)16/h2-8H,15H2,1H3. The van der Waals surface area contributed by atoms with Gasteiger partial charge in [0.05, 0.1) is 11.4 Å². The van der Waals surface area contributed by atoms with Gasteiger partial charge in [-0.15, -0.1) is 5.14 Å². The average molecular weight is 266 g/mol. The Morgan fingerprint density at radius 1 is 1.12 bits per heavy atom. The van der Waals surface area contributed by atoms with E-state index in [2.05, 4.69) is 0 Å². The van der Waals surface area contributed by atoms with Gasteiger partial charge in [-0.1, -0.05) is 17.7 Å². The molecule has 0 saturated heterocycles. The van der Waals surface area contributed by atoms with Crippen LogP contribution in [0.3, 0.4) is 0 Å². The SMILES string of the molecule is Cc1ccc(Cl)cc1-c1ccc([S+](N)[O-])cc1. The van der Waals surface area contributed by atoms with Crippen molar-refractivity contribution in [2.45, 2.75) is 11.8 Å². The van der Waals surface area contributed by atoms with Crippen LogP contribution < -0.4 is 5.14 Å². The lowest BCUT2D eigenvalue weighted by Gasteiger charge is -2.08. The van der Waals surface area contributed by atoms with Crippen molar-refractivity contribution < 1.29 is 4.55 Å². The monoisotopic (exact) mass is 265 g/mol. The van der Waals surface area contributed by atoms with E-state index in [4.69, 9.17) is 16.7 Å². The van der Waals surface area contributed by atoms with E-state index in [0.717, 1.165) is 16.7 Å². The Bertz CT molecular complexity index is 525. The van der Waals surface area contributed by atoms with Crippen molar-refractivity contribution in [3.05, 3.63) is 53.1 Å². The topological polar surface area (TPSA) is 49.1 Å². The number of aryl methyl sites for hydroxylation is 1. The Kier molecular flexibility index (Phi) is 3.74. The first kappa shape index (κ1) is 12.5. The molecule has 4 heteroatoms. The molecule has 0 spiro atoms. The highest BCUT2D eigenvalue weighted by atomic mass is 35.5. The van der Waals surface area contributed by atoms with Crippen LogP contribution in [-0.4, -0.2) is 4.55 Å². The molecule has 0 fully saturated rings. The van der Waals surface area contributed by atoms with Crippen LogP contribution >= 0.6 is 11.6 Å². The molecule has 2 N–H and O–H groups in total. The third-order valence-electron chi connectivity index (χ3n) is 2.60. The molecular formula is C13H12ClNOS. The Labute approximate surface area is 109 Å². The van der Waals surface area contributed by atoms with Gasteiger partial charge in [0.2, 0.25) is 0 Å². The van der Waals surface area contributed by atoms with Crippen molar-refractivity contribution in [2.75, 3.05) is 0 Å². The van der Waals surface area contributed by atoms with Gasteiger partial charge in [-0.25, -0.2) is 0 Å². The van der Waals surface area contributed by atoms with Gasteiger partial charge >= 0.3 is 0 Å². The van der Waals surface area contributed by atoms with Gasteiger partial charge in [-0.2, -0.15) is 0 Å². The van der Waals surface area contributed by atoms with Crippen LogP contribution in [0.5, 0.6) is 0 Å². The minimum atomic E-state index is -1.43. The third kappa shape index (κ3) is 2.82. The van der Waals surface area contributed by atoms with E-state index >= 15 is 0 Å². The van der Waals surface area contributed by atoms with Gasteiger partial charge in [-0.05, 0) is 60.0 Å². The van der Waals surface area contributed by atoms with Gasteiger partial charge in [0.15, 0.2) is 4.90 Å². The quantitative estimate of drug-likeness (QED) is 0.847. The van der Waals surface area contributed by atoms with Crippen molar-refractivity contribution in [2.24, 2.45) is 5.14 Å². The summed E-state index contributed by atoms with van der Waals surface area (Å²) in [5, 5.41) is 6.01. The van der Waals surface area contributed by atoms with Crippen LogP contribution in [0.25, 0.3) is 11.1 Å². The summed E-state index contributed by atoms with van der Waals surface area (Å²) in [5.74, 6) is 0. The molecule has 0 radical (unpaired) electrons. The average Bonchev–Trinajstić information content (AvgIpc) is 2.32. The second kappa shape index (κ2) is 5.10. The number of nitrogens with two attached hydrogens (primary N) is 1. The first-order valence-corrected chi connectivity index (χ1v) is 6.70. The molecule has 0 aliphatic rings. The van der Waals surface area contributed by atoms with Crippen LogP contribution in [0.1, 0.15) is 5.56 Å². The maximum absolute atomic E-state index is 11.1. The molecule has 2 aromatic rings. The molecule has 0 aliphatic carbocycles. The van der Waals surface area contributed by atoms with Crippen molar-refractivity contribution in [1.82, 2.24) is 0 Å². The number of rotatable bonds is 2. The van der Waals surface area contributed by atoms with Gasteiger partial charge in [0.25, 0.3) is 0 Å². The molecule has 0 heterocycles. The fourth-order valence-electron chi connectivity index (χ4n) is 1.67. The zero-order valence-corrected chi connectivity index (χ0v) is 10.9. The maximum Gasteiger partial charge on any atom is 0.173 e. The fourth-order valence-corrected chi connectivity index (χ4v) is 2.25. The Morgan fingerprint density at radius 3 is 2.35 bits per heavy atom. The first-order valence-electron chi connectivity index (χ1n) is 5.10. The zero-order chi connectivity index (χ0) is 12.4. The first-order chi connectivity index (χ1) is 8.08. The number of hydrogen-bond acceptors (Lipinski definition) is 2. The van der Waals surface area contributed by atoms with Crippen LogP contribution in [0, 0.1) is 6.92 Å². The van der Waals surface area contributed by atoms with Gasteiger partial charge in [0.1, 0.15) is 0 Å². The maximum atomic E-state index is 11.1. The molecule has 2 nitrogen and oxygen atoms in total. The fraction of sp³-hybridized carbons (Fsp3) is 0.0769. The summed E-state index contributed by atoms with van der Waals surface area (Å²) in [4.78, 5) is 0.619. The van der Waals surface area contributed by atoms with Crippen LogP contribution in [0.2, 0.25) is 5.02 Å². The molecule has 2 rings (SSSR count). The second-order valence-corrected chi connectivity index (χ2v) is 5.28. The minimum Gasteiger partial charge on any atom is -0.593 e. The van der Waals surface area contributed by atoms with E-state index in [-0.39, 0.29) is 0 Å². The molecule has 0 amide bonds. The number of hydrogen-bond donors (Lipinski definition) is 1. The summed E-state index contributed by atoms with van der Waals surface area (Å²) in [7, 11) is 0. The number of benzene rings is 2. The van der Waals surface area contributed by atoms with Crippen LogP contribution in [-0.2, 0) is 11.4 Å². The molecule has 1 atom stereocenters. The summed E-state index contributed by atoms with van der Waals surface area (Å²) < 4.78 is 11.1. The van der Waals surface area contributed by atoms with Gasteiger partial charge in [-0.3, -0.25) is 0 Å². The predicted molar refractivity (Wildman–Crippen MR) is 72.2 cm³/mol. The molecule has 1 unspecified atom stereocenters. The summed E-state index contributed by atoms with van der Waals surface area (Å²) in [6.45, 7) is 2.03. The van der Waals surface area contributed by atoms with Crippen molar-refractivity contribution in [3.8, 4) is 11.1 Å². The summed E-state index contributed by atoms with van der Waals surface area (Å²) in [6, 6.07) is 13.1. The highest BCUT2D eigenvalue weighted by Gasteiger charge is 2.07. The zero-order valence-electron chi connectivity index (χ0n) is 9.31. The van der Waals surface area contributed by atoms with E-state index in [1.165, 1.54) is 0 Å². The van der Waals surface area contributed by atoms with E-state index in [9.17, 15) is 4.55 Å². The molecule has 17 heavy (non-hydrogen) atoms. The van der Waals surface area contributed by atoms with E-state index < -0.39 is 11.4 Å². The Hall–Kier alpha value is -1.00. The van der Waals surface area contributed by atoms with Crippen LogP contribution in [0.15, 0.2) is 47.4 Å². The smallest absolute Gasteiger partial charge is 0.173 e. The van der Waals surface area contributed by atoms with E-state index in [1.54, 1.807) is 12.1 Å². The summed E-state index contributed by atoms with van der Waals surface area (Å²) >= 11 is 4.55. The predicted octanol–water partition coefficient (Wildman–Crippen LogP) is 3.30. The Morgan fingerprint density at radius 2 is 1.76 bits per heavy atom. The lowest BCUT2D eigenvalue weighted by molar-refractivity contribution is 0.597. The van der Waals surface area contributed by atoms with Gasteiger partial charge in [0, 0.05) is 5.02 Å². The Balaban J connectivity index is 2.43. The molecule has 88 valence electrons. The third-order valence-corrected chi connectivity index (χ3v) is 3.57. The largest absolute Gasteiger partial charge is 0.593 e. The van der Waals surface area contributed by atoms with Crippen LogP contribution in [0.4, 0.5) is 0 Å². The molecule has 0 aliphatic heterocycles. The highest BCUT2D eigenvalue weighted by molar-refractivity contribution is 7.89. The lowest BCUT2D eigenvalue weighted by Crippen LogP contribution is -2.11. The van der Waals surface area contributed by atoms with E-state index in [0.29, 0.717) is 9.92 Å². The van der Waals surface area contributed by atoms with Gasteiger partial charge < -0.3 is 4.55 Å². The summed E-state index contributed by atoms with van der Waals surface area (Å²) in [5.41, 5.74) is 3.27. The molecule has 2 aromatic carbocycles. The normalized spacial score (nSPS) is 12.5.